The molecule has 104 valence electrons. The van der Waals surface area contributed by atoms with Gasteiger partial charge in [0.25, 0.3) is 5.69 Å². The van der Waals surface area contributed by atoms with E-state index in [2.05, 4.69) is 5.10 Å². The molecule has 0 bridgehead atoms. The fourth-order valence-electron chi connectivity index (χ4n) is 1.96. The van der Waals surface area contributed by atoms with Crippen LogP contribution in [0.2, 0.25) is 0 Å². The third-order valence-corrected chi connectivity index (χ3v) is 2.96. The molecule has 0 aliphatic carbocycles. The van der Waals surface area contributed by atoms with Gasteiger partial charge in [0.2, 0.25) is 12.3 Å². The second kappa shape index (κ2) is 5.04. The molecule has 0 N–H and O–H groups in total. The van der Waals surface area contributed by atoms with E-state index >= 15 is 0 Å². The van der Waals surface area contributed by atoms with Crippen molar-refractivity contribution in [3.63, 3.8) is 0 Å². The molecule has 21 heavy (non-hydrogen) atoms. The molecule has 0 spiro atoms. The Morgan fingerprint density at radius 3 is 2.57 bits per heavy atom. The van der Waals surface area contributed by atoms with Gasteiger partial charge >= 0.3 is 0 Å². The number of nitro benzene ring substituents is 1. The second-order valence-electron chi connectivity index (χ2n) is 4.33. The van der Waals surface area contributed by atoms with Crippen molar-refractivity contribution in [1.29, 1.82) is 0 Å². The molecule has 7 heteroatoms. The monoisotopic (exact) mass is 282 g/mol. The third-order valence-electron chi connectivity index (χ3n) is 2.96. The average Bonchev–Trinajstić information content (AvgIpc) is 2.90. The highest BCUT2D eigenvalue weighted by Gasteiger charge is 2.15. The number of rotatable bonds is 3. The van der Waals surface area contributed by atoms with Crippen molar-refractivity contribution in [2.75, 3.05) is 0 Å². The number of benzene rings is 2. The van der Waals surface area contributed by atoms with Crippen molar-refractivity contribution >= 4 is 5.69 Å². The molecule has 1 aromatic heterocycles. The topological polar surface area (TPSA) is 87.9 Å². The Kier molecular flexibility index (Phi) is 3.07. The lowest BCUT2D eigenvalue weighted by molar-refractivity contribution is -0.651. The first-order valence-electron chi connectivity index (χ1n) is 6.14. The maximum absolute atomic E-state index is 11.9. The third kappa shape index (κ3) is 2.44. The van der Waals surface area contributed by atoms with E-state index in [1.807, 2.05) is 18.2 Å². The largest absolute Gasteiger partial charge is 0.817 e. The highest BCUT2D eigenvalue weighted by Crippen LogP contribution is 2.16. The molecule has 0 saturated heterocycles. The van der Waals surface area contributed by atoms with Gasteiger partial charge in [-0.25, -0.2) is 4.57 Å². The number of nitro groups is 1. The molecular formula is C14H10N4O3. The summed E-state index contributed by atoms with van der Waals surface area (Å²) >= 11 is 0. The molecule has 3 aromatic rings. The predicted octanol–water partition coefficient (Wildman–Crippen LogP) is 1.13. The SMILES string of the molecule is O=[N+]([O-])c1cccc(-n2c[n+](-c3ccccc3)c([O-])n2)c1. The van der Waals surface area contributed by atoms with Crippen LogP contribution in [0.5, 0.6) is 6.01 Å². The van der Waals surface area contributed by atoms with E-state index in [1.54, 1.807) is 24.3 Å². The van der Waals surface area contributed by atoms with E-state index in [0.29, 0.717) is 11.4 Å². The van der Waals surface area contributed by atoms with Crippen LogP contribution in [0.25, 0.3) is 11.4 Å². The molecule has 0 saturated carbocycles. The van der Waals surface area contributed by atoms with Gasteiger partial charge < -0.3 is 5.11 Å². The van der Waals surface area contributed by atoms with Crippen molar-refractivity contribution in [3.05, 3.63) is 71.0 Å². The molecule has 0 atom stereocenters. The van der Waals surface area contributed by atoms with Crippen molar-refractivity contribution < 1.29 is 14.6 Å². The van der Waals surface area contributed by atoms with Gasteiger partial charge in [-0.15, -0.1) is 0 Å². The van der Waals surface area contributed by atoms with Gasteiger partial charge in [-0.3, -0.25) is 10.1 Å². The first kappa shape index (κ1) is 12.8. The lowest BCUT2D eigenvalue weighted by Crippen LogP contribution is -2.32. The maximum atomic E-state index is 11.9. The predicted molar refractivity (Wildman–Crippen MR) is 71.2 cm³/mol. The standard InChI is InChI=1S/C14H10N4O3/c19-14-15-17(10-16(14)11-5-2-1-3-6-11)12-7-4-8-13(9-12)18(20)21/h1-10H. The van der Waals surface area contributed by atoms with Gasteiger partial charge in [-0.1, -0.05) is 28.9 Å². The number of aromatic nitrogens is 3. The maximum Gasteiger partial charge on any atom is 0.273 e. The van der Waals surface area contributed by atoms with Crippen molar-refractivity contribution in [1.82, 2.24) is 9.78 Å². The molecule has 0 fully saturated rings. The van der Waals surface area contributed by atoms with Crippen LogP contribution >= 0.6 is 0 Å². The van der Waals surface area contributed by atoms with Crippen molar-refractivity contribution in [2.24, 2.45) is 0 Å². The van der Waals surface area contributed by atoms with Gasteiger partial charge in [0, 0.05) is 11.2 Å². The van der Waals surface area contributed by atoms with Crippen LogP contribution < -0.4 is 9.67 Å². The number of non-ortho nitro benzene ring substituents is 1. The van der Waals surface area contributed by atoms with Gasteiger partial charge in [0.15, 0.2) is 0 Å². The zero-order chi connectivity index (χ0) is 14.8. The van der Waals surface area contributed by atoms with E-state index in [0.717, 1.165) is 0 Å². The number of hydrogen-bond acceptors (Lipinski definition) is 4. The molecule has 7 nitrogen and oxygen atoms in total. The second-order valence-corrected chi connectivity index (χ2v) is 4.33. The molecule has 0 amide bonds. The first-order chi connectivity index (χ1) is 10.1. The Balaban J connectivity index is 2.05. The van der Waals surface area contributed by atoms with E-state index < -0.39 is 10.9 Å². The summed E-state index contributed by atoms with van der Waals surface area (Å²) in [5, 5.41) is 26.6. The number of hydrogen-bond donors (Lipinski definition) is 0. The normalized spacial score (nSPS) is 10.5. The first-order valence-corrected chi connectivity index (χ1v) is 6.14. The van der Waals surface area contributed by atoms with Crippen LogP contribution in [-0.2, 0) is 0 Å². The molecule has 1 heterocycles. The zero-order valence-corrected chi connectivity index (χ0v) is 10.8. The minimum atomic E-state index is -0.490. The summed E-state index contributed by atoms with van der Waals surface area (Å²) in [6.45, 7) is 0. The van der Waals surface area contributed by atoms with Crippen molar-refractivity contribution in [3.8, 4) is 17.4 Å². The smallest absolute Gasteiger partial charge is 0.273 e. The van der Waals surface area contributed by atoms with Gasteiger partial charge in [-0.2, -0.15) is 0 Å². The molecule has 0 aliphatic heterocycles. The summed E-state index contributed by atoms with van der Waals surface area (Å²) < 4.78 is 2.70. The van der Waals surface area contributed by atoms with E-state index in [4.69, 9.17) is 0 Å². The highest BCUT2D eigenvalue weighted by atomic mass is 16.6. The Morgan fingerprint density at radius 1 is 1.10 bits per heavy atom. The summed E-state index contributed by atoms with van der Waals surface area (Å²) in [6, 6.07) is 14.5. The van der Waals surface area contributed by atoms with Crippen molar-refractivity contribution in [2.45, 2.75) is 0 Å². The Bertz CT molecular complexity index is 799. The molecule has 0 aliphatic rings. The lowest BCUT2D eigenvalue weighted by Gasteiger charge is -1.99. The molecule has 0 unspecified atom stereocenters. The Labute approximate surface area is 119 Å². The fourth-order valence-corrected chi connectivity index (χ4v) is 1.96. The fraction of sp³-hybridized carbons (Fsp3) is 0. The molecule has 3 rings (SSSR count). The van der Waals surface area contributed by atoms with Gasteiger partial charge in [0.05, 0.1) is 11.0 Å². The summed E-state index contributed by atoms with van der Waals surface area (Å²) in [7, 11) is 0. The van der Waals surface area contributed by atoms with Crippen LogP contribution in [-0.4, -0.2) is 14.7 Å². The summed E-state index contributed by atoms with van der Waals surface area (Å²) in [5.41, 5.74) is 1.08. The molecule has 0 radical (unpaired) electrons. The summed E-state index contributed by atoms with van der Waals surface area (Å²) in [4.78, 5) is 10.3. The van der Waals surface area contributed by atoms with Crippen LogP contribution in [0.1, 0.15) is 0 Å². The molecule has 2 aromatic carbocycles. The average molecular weight is 282 g/mol. The number of para-hydroxylation sites is 1. The lowest BCUT2D eigenvalue weighted by atomic mass is 10.3. The Morgan fingerprint density at radius 2 is 1.86 bits per heavy atom. The quantitative estimate of drug-likeness (QED) is 0.409. The van der Waals surface area contributed by atoms with E-state index in [-0.39, 0.29) is 5.69 Å². The van der Waals surface area contributed by atoms with E-state index in [9.17, 15) is 15.2 Å². The minimum absolute atomic E-state index is 0.0540. The van der Waals surface area contributed by atoms with Gasteiger partial charge in [0.1, 0.15) is 11.4 Å². The molecular weight excluding hydrogens is 272 g/mol. The minimum Gasteiger partial charge on any atom is -0.817 e. The summed E-state index contributed by atoms with van der Waals surface area (Å²) in [5.74, 6) is 0. The van der Waals surface area contributed by atoms with Crippen LogP contribution in [0.3, 0.4) is 0 Å². The van der Waals surface area contributed by atoms with Gasteiger partial charge in [-0.05, 0) is 18.2 Å². The van der Waals surface area contributed by atoms with Crippen LogP contribution in [0.15, 0.2) is 60.9 Å². The summed E-state index contributed by atoms with van der Waals surface area (Å²) in [6.07, 6.45) is 1.50. The van der Waals surface area contributed by atoms with Crippen LogP contribution in [0.4, 0.5) is 5.69 Å². The van der Waals surface area contributed by atoms with Crippen LogP contribution in [0, 0.1) is 10.1 Å². The number of nitrogens with zero attached hydrogens (tertiary/aromatic N) is 4. The van der Waals surface area contributed by atoms with E-state index in [1.165, 1.54) is 27.7 Å². The highest BCUT2D eigenvalue weighted by molar-refractivity contribution is 5.42. The zero-order valence-electron chi connectivity index (χ0n) is 10.8. The Hall–Kier alpha value is -3.22.